The summed E-state index contributed by atoms with van der Waals surface area (Å²) in [6, 6.07) is 9.37. The van der Waals surface area contributed by atoms with Crippen molar-refractivity contribution in [2.75, 3.05) is 26.4 Å². The van der Waals surface area contributed by atoms with Crippen LogP contribution in [0.5, 0.6) is 5.75 Å². The average molecular weight is 286 g/mol. The van der Waals surface area contributed by atoms with E-state index in [-0.39, 0.29) is 12.0 Å². The van der Waals surface area contributed by atoms with Crippen molar-refractivity contribution in [3.05, 3.63) is 30.3 Å². The Morgan fingerprint density at radius 2 is 1.79 bits per heavy atom. The molecule has 0 radical (unpaired) electrons. The van der Waals surface area contributed by atoms with Crippen LogP contribution in [0.4, 0.5) is 0 Å². The lowest BCUT2D eigenvalue weighted by atomic mass is 9.97. The first-order valence-corrected chi connectivity index (χ1v) is 7.67. The first-order valence-electron chi connectivity index (χ1n) is 6.21. The highest BCUT2D eigenvalue weighted by Gasteiger charge is 2.37. The topological polar surface area (TPSA) is 54.0 Å². The zero-order chi connectivity index (χ0) is 13.8. The van der Waals surface area contributed by atoms with Crippen LogP contribution in [0.2, 0.25) is 0 Å². The van der Waals surface area contributed by atoms with Crippen LogP contribution < -0.4 is 4.74 Å². The van der Waals surface area contributed by atoms with Crippen molar-refractivity contribution in [1.29, 1.82) is 0 Å². The third-order valence-corrected chi connectivity index (χ3v) is 3.96. The third kappa shape index (κ3) is 4.62. The lowest BCUT2D eigenvalue weighted by Gasteiger charge is -2.32. The quantitative estimate of drug-likeness (QED) is 0.614. The molecule has 0 atom stereocenters. The molecule has 5 nitrogen and oxygen atoms in total. The zero-order valence-corrected chi connectivity index (χ0v) is 12.1. The maximum Gasteiger partial charge on any atom is 0.474 e. The molecule has 0 saturated carbocycles. The van der Waals surface area contributed by atoms with Gasteiger partial charge in [-0.3, -0.25) is 13.6 Å². The number of para-hydroxylation sites is 1. The second-order valence-corrected chi connectivity index (χ2v) is 6.82. The number of hydrogen-bond donors (Lipinski definition) is 0. The minimum absolute atomic E-state index is 0.127. The normalized spacial score (nSPS) is 20.9. The molecule has 1 aromatic rings. The molecule has 0 aromatic heterocycles. The smallest absolute Gasteiger partial charge is 0.474 e. The molecule has 0 spiro atoms. The van der Waals surface area contributed by atoms with Gasteiger partial charge in [0.15, 0.2) is 0 Å². The van der Waals surface area contributed by atoms with Crippen molar-refractivity contribution in [3.8, 4) is 5.75 Å². The highest BCUT2D eigenvalue weighted by Crippen LogP contribution is 2.54. The Bertz CT molecular complexity index is 432. The Morgan fingerprint density at radius 1 is 1.16 bits per heavy atom. The van der Waals surface area contributed by atoms with Gasteiger partial charge in [-0.15, -0.1) is 0 Å². The van der Waals surface area contributed by atoms with Crippen LogP contribution in [-0.4, -0.2) is 26.4 Å². The lowest BCUT2D eigenvalue weighted by molar-refractivity contribution is -0.00144. The summed E-state index contributed by atoms with van der Waals surface area (Å²) >= 11 is 0. The van der Waals surface area contributed by atoms with E-state index < -0.39 is 7.82 Å². The van der Waals surface area contributed by atoms with Crippen LogP contribution in [-0.2, 0) is 18.1 Å². The van der Waals surface area contributed by atoms with Gasteiger partial charge in [0, 0.05) is 5.41 Å². The van der Waals surface area contributed by atoms with Crippen molar-refractivity contribution in [1.82, 2.24) is 0 Å². The van der Waals surface area contributed by atoms with E-state index in [0.29, 0.717) is 19.8 Å². The van der Waals surface area contributed by atoms with Gasteiger partial charge in [-0.25, -0.2) is 4.57 Å². The van der Waals surface area contributed by atoms with E-state index >= 15 is 0 Å². The van der Waals surface area contributed by atoms with Crippen LogP contribution in [0, 0.1) is 5.41 Å². The van der Waals surface area contributed by atoms with Crippen LogP contribution >= 0.6 is 7.82 Å². The minimum atomic E-state index is -3.39. The van der Waals surface area contributed by atoms with Gasteiger partial charge in [0.2, 0.25) is 0 Å². The van der Waals surface area contributed by atoms with Crippen molar-refractivity contribution >= 4 is 7.82 Å². The molecule has 0 N–H and O–H groups in total. The summed E-state index contributed by atoms with van der Waals surface area (Å²) in [4.78, 5) is 0. The predicted octanol–water partition coefficient (Wildman–Crippen LogP) is 3.26. The van der Waals surface area contributed by atoms with E-state index in [1.165, 1.54) is 0 Å². The highest BCUT2D eigenvalue weighted by atomic mass is 31.2. The molecule has 0 amide bonds. The zero-order valence-electron chi connectivity index (χ0n) is 11.2. The predicted molar refractivity (Wildman–Crippen MR) is 71.2 cm³/mol. The Morgan fingerprint density at radius 3 is 2.42 bits per heavy atom. The van der Waals surface area contributed by atoms with E-state index in [0.717, 1.165) is 5.75 Å². The monoisotopic (exact) mass is 286 g/mol. The molecule has 0 aliphatic carbocycles. The fourth-order valence-electron chi connectivity index (χ4n) is 1.49. The highest BCUT2D eigenvalue weighted by molar-refractivity contribution is 7.48. The Balaban J connectivity index is 1.70. The third-order valence-electron chi connectivity index (χ3n) is 2.57. The van der Waals surface area contributed by atoms with Gasteiger partial charge in [0.1, 0.15) is 12.4 Å². The summed E-state index contributed by atoms with van der Waals surface area (Å²) in [5.74, 6) is 0.746. The number of hydrogen-bond acceptors (Lipinski definition) is 5. The van der Waals surface area contributed by atoms with Gasteiger partial charge >= 0.3 is 7.82 Å². The van der Waals surface area contributed by atoms with Gasteiger partial charge in [-0.05, 0) is 12.1 Å². The van der Waals surface area contributed by atoms with Crippen LogP contribution in [0.15, 0.2) is 30.3 Å². The molecule has 1 aromatic carbocycles. The molecule has 0 bridgehead atoms. The molecule has 6 heteroatoms. The van der Waals surface area contributed by atoms with E-state index in [4.69, 9.17) is 18.3 Å². The van der Waals surface area contributed by atoms with Crippen LogP contribution in [0.1, 0.15) is 13.8 Å². The van der Waals surface area contributed by atoms with E-state index in [1.54, 1.807) is 0 Å². The molecule has 1 aliphatic rings. The molecule has 19 heavy (non-hydrogen) atoms. The van der Waals surface area contributed by atoms with Gasteiger partial charge < -0.3 is 4.74 Å². The molecular formula is C13H19O5P. The van der Waals surface area contributed by atoms with Crippen LogP contribution in [0.25, 0.3) is 0 Å². The number of benzene rings is 1. The Hall–Kier alpha value is -0.870. The Labute approximate surface area is 113 Å². The van der Waals surface area contributed by atoms with Crippen molar-refractivity contribution in [3.63, 3.8) is 0 Å². The summed E-state index contributed by atoms with van der Waals surface area (Å²) < 4.78 is 33.0. The van der Waals surface area contributed by atoms with Crippen molar-refractivity contribution < 1.29 is 22.9 Å². The van der Waals surface area contributed by atoms with Gasteiger partial charge in [0.05, 0.1) is 19.8 Å². The van der Waals surface area contributed by atoms with E-state index in [1.807, 2.05) is 44.2 Å². The second kappa shape index (κ2) is 6.06. The molecule has 0 unspecified atom stereocenters. The lowest BCUT2D eigenvalue weighted by Crippen LogP contribution is -2.30. The van der Waals surface area contributed by atoms with Gasteiger partial charge in [-0.2, -0.15) is 0 Å². The number of phosphoric ester groups is 1. The first-order chi connectivity index (χ1) is 8.99. The molecular weight excluding hydrogens is 267 g/mol. The largest absolute Gasteiger partial charge is 0.491 e. The summed E-state index contributed by atoms with van der Waals surface area (Å²) in [7, 11) is -3.39. The van der Waals surface area contributed by atoms with E-state index in [9.17, 15) is 4.57 Å². The summed E-state index contributed by atoms with van der Waals surface area (Å²) in [5.41, 5.74) is -0.127. The molecule has 1 saturated heterocycles. The van der Waals surface area contributed by atoms with Crippen LogP contribution in [0.3, 0.4) is 0 Å². The summed E-state index contributed by atoms with van der Waals surface area (Å²) in [5, 5.41) is 0. The first kappa shape index (κ1) is 14.5. The summed E-state index contributed by atoms with van der Waals surface area (Å²) in [6.45, 7) is 5.15. The Kier molecular flexibility index (Phi) is 4.63. The second-order valence-electron chi connectivity index (χ2n) is 5.15. The fourth-order valence-corrected chi connectivity index (χ4v) is 3.02. The van der Waals surface area contributed by atoms with Crippen molar-refractivity contribution in [2.24, 2.45) is 5.41 Å². The fraction of sp³-hybridized carbons (Fsp3) is 0.538. The number of phosphoric acid groups is 1. The number of rotatable bonds is 5. The summed E-state index contributed by atoms with van der Waals surface area (Å²) in [6.07, 6.45) is 0. The van der Waals surface area contributed by atoms with E-state index in [2.05, 4.69) is 0 Å². The molecule has 1 aliphatic heterocycles. The molecule has 106 valence electrons. The van der Waals surface area contributed by atoms with Crippen molar-refractivity contribution in [2.45, 2.75) is 13.8 Å². The van der Waals surface area contributed by atoms with Gasteiger partial charge in [-0.1, -0.05) is 32.0 Å². The molecule has 1 fully saturated rings. The molecule has 2 rings (SSSR count). The number of ether oxygens (including phenoxy) is 1. The molecule has 1 heterocycles. The van der Waals surface area contributed by atoms with Gasteiger partial charge in [0.25, 0.3) is 0 Å². The SMILES string of the molecule is CC1(C)COP(=O)(OCCOc2ccccc2)OC1. The maximum absolute atomic E-state index is 12.0. The standard InChI is InChI=1S/C13H19O5P/c1-13(2)10-17-19(14,18-11-13)16-9-8-15-12-6-4-3-5-7-12/h3-7H,8-11H2,1-2H3. The average Bonchev–Trinajstić information content (AvgIpc) is 2.40. The minimum Gasteiger partial charge on any atom is -0.491 e. The maximum atomic E-state index is 12.0.